The minimum atomic E-state index is -0.570. The van der Waals surface area contributed by atoms with Gasteiger partial charge in [0.25, 0.3) is 5.56 Å². The van der Waals surface area contributed by atoms with Gasteiger partial charge in [0, 0.05) is 23.0 Å². The Morgan fingerprint density at radius 1 is 0.829 bits per heavy atom. The van der Waals surface area contributed by atoms with Crippen LogP contribution in [0.3, 0.4) is 0 Å². The molecule has 0 spiro atoms. The summed E-state index contributed by atoms with van der Waals surface area (Å²) in [6.07, 6.45) is 1.65. The third-order valence-corrected chi connectivity index (χ3v) is 7.17. The fourth-order valence-corrected chi connectivity index (χ4v) is 5.04. The number of hydrogen-bond donors (Lipinski definition) is 2. The van der Waals surface area contributed by atoms with Crippen LogP contribution in [0, 0.1) is 0 Å². The molecule has 0 aliphatic rings. The van der Waals surface area contributed by atoms with Crippen molar-refractivity contribution in [3.63, 3.8) is 0 Å². The molecule has 5 rings (SSSR count). The van der Waals surface area contributed by atoms with Crippen LogP contribution in [0.25, 0.3) is 11.1 Å². The lowest BCUT2D eigenvalue weighted by Gasteiger charge is -2.25. The van der Waals surface area contributed by atoms with Crippen molar-refractivity contribution < 1.29 is 5.11 Å². The largest absolute Gasteiger partial charge is 0.858 e. The molecule has 0 saturated heterocycles. The zero-order valence-electron chi connectivity index (χ0n) is 18.3. The molecule has 2 aromatic heterocycles. The molecular formula is C27H19ClN3O3S-. The Bertz CT molecular complexity index is 1590. The Kier molecular flexibility index (Phi) is 6.35. The van der Waals surface area contributed by atoms with Crippen molar-refractivity contribution in [2.75, 3.05) is 0 Å². The Balaban J connectivity index is 1.63. The normalized spacial score (nSPS) is 11.9. The standard InChI is InChI=1S/C27H20ClN3O3S/c28-21-11-4-5-12-22(21)35-25-26(33)30-31(27(25)34)24(17-7-2-1-3-8-17)19-10-6-9-18(15-19)20-13-14-23(32)29-16-20/h1-16,24,34H,(H,29,32)(H,30,33)/p-1. The molecule has 2 heterocycles. The van der Waals surface area contributed by atoms with Crippen LogP contribution in [0.4, 0.5) is 0 Å². The van der Waals surface area contributed by atoms with E-state index in [-0.39, 0.29) is 10.5 Å². The number of pyridine rings is 1. The van der Waals surface area contributed by atoms with E-state index >= 15 is 0 Å². The fourth-order valence-electron chi connectivity index (χ4n) is 3.93. The molecule has 5 aromatic rings. The molecule has 6 nitrogen and oxygen atoms in total. The number of halogens is 1. The molecule has 0 amide bonds. The predicted molar refractivity (Wildman–Crippen MR) is 136 cm³/mol. The summed E-state index contributed by atoms with van der Waals surface area (Å²) in [5.74, 6) is -0.428. The summed E-state index contributed by atoms with van der Waals surface area (Å²) < 4.78 is 1.36. The number of H-pyrrole nitrogens is 2. The lowest BCUT2D eigenvalue weighted by atomic mass is 9.95. The third-order valence-electron chi connectivity index (χ3n) is 5.58. The number of aromatic amines is 2. The zero-order valence-corrected chi connectivity index (χ0v) is 19.8. The average molecular weight is 501 g/mol. The maximum atomic E-state index is 13.5. The summed E-state index contributed by atoms with van der Waals surface area (Å²) in [7, 11) is 0. The van der Waals surface area contributed by atoms with Crippen molar-refractivity contribution >= 4 is 23.4 Å². The van der Waals surface area contributed by atoms with Crippen LogP contribution in [0.1, 0.15) is 17.2 Å². The van der Waals surface area contributed by atoms with Crippen molar-refractivity contribution in [3.05, 3.63) is 134 Å². The first-order chi connectivity index (χ1) is 17.0. The van der Waals surface area contributed by atoms with E-state index in [1.165, 1.54) is 10.7 Å². The summed E-state index contributed by atoms with van der Waals surface area (Å²) in [5, 5.41) is 16.7. The lowest BCUT2D eigenvalue weighted by Crippen LogP contribution is -2.18. The van der Waals surface area contributed by atoms with Gasteiger partial charge >= 0.3 is 0 Å². The topological polar surface area (TPSA) is 93.7 Å². The van der Waals surface area contributed by atoms with Crippen LogP contribution in [0.15, 0.2) is 117 Å². The Hall–Kier alpha value is -3.94. The van der Waals surface area contributed by atoms with Gasteiger partial charge in [0.1, 0.15) is 0 Å². The highest BCUT2D eigenvalue weighted by Crippen LogP contribution is 2.38. The Morgan fingerprint density at radius 3 is 2.31 bits per heavy atom. The van der Waals surface area contributed by atoms with Crippen molar-refractivity contribution in [1.82, 2.24) is 14.8 Å². The molecule has 0 saturated carbocycles. The minimum Gasteiger partial charge on any atom is -0.858 e. The number of nitrogens with zero attached hydrogens (tertiary/aromatic N) is 1. The summed E-state index contributed by atoms with van der Waals surface area (Å²) >= 11 is 7.32. The highest BCUT2D eigenvalue weighted by atomic mass is 35.5. The fraction of sp³-hybridized carbons (Fsp3) is 0.0370. The van der Waals surface area contributed by atoms with Crippen molar-refractivity contribution in [1.29, 1.82) is 0 Å². The molecule has 8 heteroatoms. The molecule has 35 heavy (non-hydrogen) atoms. The third kappa shape index (κ3) is 4.69. The van der Waals surface area contributed by atoms with Crippen LogP contribution in [-0.2, 0) is 0 Å². The summed E-state index contributed by atoms with van der Waals surface area (Å²) in [5.41, 5.74) is 2.68. The highest BCUT2D eigenvalue weighted by molar-refractivity contribution is 7.99. The molecule has 1 unspecified atom stereocenters. The summed E-state index contributed by atoms with van der Waals surface area (Å²) in [6, 6.07) is 26.9. The summed E-state index contributed by atoms with van der Waals surface area (Å²) in [4.78, 5) is 27.7. The average Bonchev–Trinajstić information content (AvgIpc) is 3.15. The first-order valence-corrected chi connectivity index (χ1v) is 12.0. The van der Waals surface area contributed by atoms with Gasteiger partial charge in [-0.25, -0.2) is 0 Å². The second kappa shape index (κ2) is 9.74. The predicted octanol–water partition coefficient (Wildman–Crippen LogP) is 5.05. The van der Waals surface area contributed by atoms with Gasteiger partial charge in [0.2, 0.25) is 5.56 Å². The smallest absolute Gasteiger partial charge is 0.277 e. The highest BCUT2D eigenvalue weighted by Gasteiger charge is 2.21. The van der Waals surface area contributed by atoms with Gasteiger partial charge in [-0.3, -0.25) is 19.4 Å². The second-order valence-electron chi connectivity index (χ2n) is 7.86. The van der Waals surface area contributed by atoms with Gasteiger partial charge in [0.05, 0.1) is 16.0 Å². The molecule has 0 bridgehead atoms. The number of aromatic nitrogens is 3. The van der Waals surface area contributed by atoms with E-state index < -0.39 is 17.5 Å². The summed E-state index contributed by atoms with van der Waals surface area (Å²) in [6.45, 7) is 0. The van der Waals surface area contributed by atoms with E-state index in [1.54, 1.807) is 36.5 Å². The number of benzene rings is 3. The monoisotopic (exact) mass is 500 g/mol. The number of nitrogens with one attached hydrogen (secondary N) is 2. The van der Waals surface area contributed by atoms with E-state index in [1.807, 2.05) is 54.6 Å². The Morgan fingerprint density at radius 2 is 1.57 bits per heavy atom. The molecule has 0 aliphatic heterocycles. The van der Waals surface area contributed by atoms with E-state index in [2.05, 4.69) is 10.1 Å². The molecule has 3 aromatic carbocycles. The van der Waals surface area contributed by atoms with Gasteiger partial charge in [-0.15, -0.1) is 0 Å². The van der Waals surface area contributed by atoms with Gasteiger partial charge in [-0.05, 0) is 46.5 Å². The first-order valence-electron chi connectivity index (χ1n) is 10.8. The van der Waals surface area contributed by atoms with Crippen molar-refractivity contribution in [2.24, 2.45) is 0 Å². The zero-order chi connectivity index (χ0) is 24.4. The maximum absolute atomic E-state index is 13.5. The quantitative estimate of drug-likeness (QED) is 0.341. The van der Waals surface area contributed by atoms with Gasteiger partial charge < -0.3 is 10.1 Å². The molecule has 0 aliphatic carbocycles. The Labute approximate surface area is 209 Å². The lowest BCUT2D eigenvalue weighted by molar-refractivity contribution is -0.284. The van der Waals surface area contributed by atoms with Crippen LogP contribution < -0.4 is 16.2 Å². The SMILES string of the molecule is O=c1ccc(-c2cccc(C(c3ccccc3)n3[nH]c(=O)c(Sc4ccccc4Cl)c3[O-])c2)c[nH]1. The van der Waals surface area contributed by atoms with E-state index in [0.717, 1.165) is 34.0 Å². The van der Waals surface area contributed by atoms with Crippen molar-refractivity contribution in [2.45, 2.75) is 15.8 Å². The van der Waals surface area contributed by atoms with Crippen LogP contribution >= 0.6 is 23.4 Å². The second-order valence-corrected chi connectivity index (χ2v) is 9.32. The molecule has 2 N–H and O–H groups in total. The van der Waals surface area contributed by atoms with Crippen molar-refractivity contribution in [3.8, 4) is 17.0 Å². The van der Waals surface area contributed by atoms with Crippen LogP contribution in [-0.4, -0.2) is 14.8 Å². The van der Waals surface area contributed by atoms with E-state index in [9.17, 15) is 14.7 Å². The van der Waals surface area contributed by atoms with Crippen LogP contribution in [0.5, 0.6) is 5.88 Å². The molecule has 0 radical (unpaired) electrons. The maximum Gasteiger partial charge on any atom is 0.277 e. The first kappa shape index (κ1) is 22.8. The van der Waals surface area contributed by atoms with Gasteiger partial charge in [0.15, 0.2) is 0 Å². The van der Waals surface area contributed by atoms with E-state index in [4.69, 9.17) is 11.6 Å². The molecular weight excluding hydrogens is 482 g/mol. The van der Waals surface area contributed by atoms with E-state index in [0.29, 0.717) is 9.92 Å². The van der Waals surface area contributed by atoms with Gasteiger partial charge in [-0.2, -0.15) is 0 Å². The number of hydrogen-bond acceptors (Lipinski definition) is 4. The van der Waals surface area contributed by atoms with Gasteiger partial charge in [-0.1, -0.05) is 84.0 Å². The molecule has 174 valence electrons. The minimum absolute atomic E-state index is 0.0517. The number of rotatable bonds is 6. The molecule has 0 fully saturated rings. The molecule has 1 atom stereocenters. The van der Waals surface area contributed by atoms with Crippen LogP contribution in [0.2, 0.25) is 5.02 Å².